The maximum absolute atomic E-state index is 11.8. The molecular formula is C11H19NO3. The maximum Gasteiger partial charge on any atom is 0.315 e. The van der Waals surface area contributed by atoms with Crippen LogP contribution in [0.1, 0.15) is 33.6 Å². The Balaban J connectivity index is 2.64. The zero-order valence-corrected chi connectivity index (χ0v) is 9.56. The van der Waals surface area contributed by atoms with Gasteiger partial charge in [0.05, 0.1) is 0 Å². The van der Waals surface area contributed by atoms with Crippen LogP contribution in [0.15, 0.2) is 0 Å². The van der Waals surface area contributed by atoms with Gasteiger partial charge in [-0.15, -0.1) is 0 Å². The molecule has 1 fully saturated rings. The Morgan fingerprint density at radius 1 is 1.40 bits per heavy atom. The van der Waals surface area contributed by atoms with Crippen LogP contribution in [0.2, 0.25) is 0 Å². The number of hydrogen-bond donors (Lipinski definition) is 1. The summed E-state index contributed by atoms with van der Waals surface area (Å²) in [6.07, 6.45) is 1.94. The van der Waals surface area contributed by atoms with Gasteiger partial charge in [-0.3, -0.25) is 9.59 Å². The molecule has 0 spiro atoms. The second kappa shape index (κ2) is 4.64. The lowest BCUT2D eigenvalue weighted by Gasteiger charge is -2.37. The summed E-state index contributed by atoms with van der Waals surface area (Å²) >= 11 is 0. The minimum absolute atomic E-state index is 0.169. The summed E-state index contributed by atoms with van der Waals surface area (Å²) in [5, 5.41) is 8.77. The van der Waals surface area contributed by atoms with Crippen molar-refractivity contribution in [2.75, 3.05) is 6.54 Å². The van der Waals surface area contributed by atoms with Crippen molar-refractivity contribution >= 4 is 11.9 Å². The van der Waals surface area contributed by atoms with Crippen molar-refractivity contribution in [1.82, 2.24) is 4.90 Å². The third-order valence-corrected chi connectivity index (χ3v) is 3.16. The molecule has 4 nitrogen and oxygen atoms in total. The molecule has 1 heterocycles. The number of likely N-dealkylation sites (tertiary alicyclic amines) is 1. The van der Waals surface area contributed by atoms with Crippen LogP contribution in [0.3, 0.4) is 0 Å². The number of nitrogens with zero attached hydrogens (tertiary/aromatic N) is 1. The highest BCUT2D eigenvalue weighted by atomic mass is 16.4. The second-order valence-electron chi connectivity index (χ2n) is 4.57. The number of hydrogen-bond acceptors (Lipinski definition) is 2. The van der Waals surface area contributed by atoms with Gasteiger partial charge >= 0.3 is 5.97 Å². The number of carboxylic acid groups (broad SMARTS) is 1. The highest BCUT2D eigenvalue weighted by Gasteiger charge is 2.32. The van der Waals surface area contributed by atoms with Gasteiger partial charge in [0.15, 0.2) is 0 Å². The fourth-order valence-electron chi connectivity index (χ4n) is 2.09. The van der Waals surface area contributed by atoms with Crippen LogP contribution >= 0.6 is 0 Å². The molecule has 3 unspecified atom stereocenters. The average Bonchev–Trinajstić information content (AvgIpc) is 2.15. The number of carboxylic acids is 1. The first-order valence-corrected chi connectivity index (χ1v) is 5.46. The molecule has 0 aromatic heterocycles. The van der Waals surface area contributed by atoms with Crippen LogP contribution in [-0.2, 0) is 9.59 Å². The molecular weight excluding hydrogens is 194 g/mol. The maximum atomic E-state index is 11.8. The van der Waals surface area contributed by atoms with Crippen LogP contribution in [0, 0.1) is 11.8 Å². The van der Waals surface area contributed by atoms with E-state index in [9.17, 15) is 9.59 Å². The molecule has 1 aliphatic heterocycles. The lowest BCUT2D eigenvalue weighted by Crippen LogP contribution is -2.47. The highest BCUT2D eigenvalue weighted by Crippen LogP contribution is 2.23. The van der Waals surface area contributed by atoms with Crippen molar-refractivity contribution in [2.24, 2.45) is 11.8 Å². The van der Waals surface area contributed by atoms with Gasteiger partial charge in [-0.2, -0.15) is 0 Å². The number of carbonyl (C=O) groups excluding carboxylic acids is 1. The molecule has 0 aromatic carbocycles. The summed E-state index contributed by atoms with van der Waals surface area (Å²) in [6, 6.07) is 0.169. The van der Waals surface area contributed by atoms with Gasteiger partial charge < -0.3 is 10.0 Å². The molecule has 0 aliphatic carbocycles. The molecule has 86 valence electrons. The fourth-order valence-corrected chi connectivity index (χ4v) is 2.09. The smallest absolute Gasteiger partial charge is 0.315 e. The first-order valence-electron chi connectivity index (χ1n) is 5.46. The Kier molecular flexibility index (Phi) is 3.72. The predicted octanol–water partition coefficient (Wildman–Crippen LogP) is 1.35. The van der Waals surface area contributed by atoms with Gasteiger partial charge in [0.25, 0.3) is 0 Å². The molecule has 0 radical (unpaired) electrons. The van der Waals surface area contributed by atoms with E-state index < -0.39 is 11.9 Å². The van der Waals surface area contributed by atoms with E-state index >= 15 is 0 Å². The average molecular weight is 213 g/mol. The van der Waals surface area contributed by atoms with Gasteiger partial charge in [0, 0.05) is 12.6 Å². The lowest BCUT2D eigenvalue weighted by molar-refractivity contribution is -0.152. The first kappa shape index (κ1) is 12.0. The zero-order chi connectivity index (χ0) is 11.6. The minimum atomic E-state index is -1.04. The van der Waals surface area contributed by atoms with E-state index in [1.54, 1.807) is 4.90 Å². The summed E-state index contributed by atoms with van der Waals surface area (Å²) in [5.74, 6) is -1.57. The Hall–Kier alpha value is -1.06. The largest absolute Gasteiger partial charge is 0.481 e. The molecule has 1 saturated heterocycles. The Morgan fingerprint density at radius 2 is 2.00 bits per heavy atom. The topological polar surface area (TPSA) is 57.6 Å². The molecule has 1 rings (SSSR count). The quantitative estimate of drug-likeness (QED) is 0.704. The molecule has 0 bridgehead atoms. The van der Waals surface area contributed by atoms with E-state index in [1.165, 1.54) is 6.92 Å². The molecule has 4 heteroatoms. The molecule has 0 aromatic rings. The third-order valence-electron chi connectivity index (χ3n) is 3.16. The summed E-state index contributed by atoms with van der Waals surface area (Å²) in [6.45, 7) is 6.30. The fraction of sp³-hybridized carbons (Fsp3) is 0.818. The number of aliphatic carboxylic acids is 1. The zero-order valence-electron chi connectivity index (χ0n) is 9.56. The molecule has 1 N–H and O–H groups in total. The Morgan fingerprint density at radius 3 is 2.47 bits per heavy atom. The van der Waals surface area contributed by atoms with Crippen LogP contribution in [-0.4, -0.2) is 34.5 Å². The number of carbonyl (C=O) groups is 2. The number of amides is 1. The van der Waals surface area contributed by atoms with Gasteiger partial charge in [0.1, 0.15) is 5.92 Å². The Labute approximate surface area is 90.3 Å². The summed E-state index contributed by atoms with van der Waals surface area (Å²) in [7, 11) is 0. The van der Waals surface area contributed by atoms with Crippen molar-refractivity contribution in [1.29, 1.82) is 0 Å². The summed E-state index contributed by atoms with van der Waals surface area (Å²) in [4.78, 5) is 24.2. The van der Waals surface area contributed by atoms with Crippen molar-refractivity contribution in [2.45, 2.75) is 39.7 Å². The van der Waals surface area contributed by atoms with E-state index in [1.807, 2.05) is 6.92 Å². The molecule has 15 heavy (non-hydrogen) atoms. The number of rotatable bonds is 2. The van der Waals surface area contributed by atoms with Gasteiger partial charge in [-0.1, -0.05) is 6.92 Å². The number of piperidine rings is 1. The summed E-state index contributed by atoms with van der Waals surface area (Å²) < 4.78 is 0. The van der Waals surface area contributed by atoms with Gasteiger partial charge in [-0.05, 0) is 32.6 Å². The standard InChI is InChI=1S/C11H19NO3/c1-7-4-5-12(8(2)6-7)10(13)9(3)11(14)15/h7-9H,4-6H2,1-3H3,(H,14,15). The van der Waals surface area contributed by atoms with Crippen LogP contribution in [0.25, 0.3) is 0 Å². The van der Waals surface area contributed by atoms with E-state index in [4.69, 9.17) is 5.11 Å². The van der Waals surface area contributed by atoms with Crippen LogP contribution < -0.4 is 0 Å². The van der Waals surface area contributed by atoms with Crippen molar-refractivity contribution in [3.8, 4) is 0 Å². The molecule has 0 saturated carbocycles. The predicted molar refractivity (Wildman–Crippen MR) is 56.4 cm³/mol. The normalized spacial score (nSPS) is 28.6. The van der Waals surface area contributed by atoms with E-state index in [0.29, 0.717) is 12.5 Å². The van der Waals surface area contributed by atoms with Crippen molar-refractivity contribution in [3.05, 3.63) is 0 Å². The van der Waals surface area contributed by atoms with Gasteiger partial charge in [0.2, 0.25) is 5.91 Å². The van der Waals surface area contributed by atoms with Gasteiger partial charge in [-0.25, -0.2) is 0 Å². The summed E-state index contributed by atoms with van der Waals surface area (Å²) in [5.41, 5.74) is 0. The van der Waals surface area contributed by atoms with Crippen LogP contribution in [0.4, 0.5) is 0 Å². The lowest BCUT2D eigenvalue weighted by atomic mass is 9.92. The molecule has 3 atom stereocenters. The first-order chi connectivity index (χ1) is 6.93. The minimum Gasteiger partial charge on any atom is -0.481 e. The van der Waals surface area contributed by atoms with E-state index in [2.05, 4.69) is 6.92 Å². The second-order valence-corrected chi connectivity index (χ2v) is 4.57. The van der Waals surface area contributed by atoms with E-state index in [-0.39, 0.29) is 11.9 Å². The van der Waals surface area contributed by atoms with Crippen molar-refractivity contribution in [3.63, 3.8) is 0 Å². The monoisotopic (exact) mass is 213 g/mol. The molecule has 1 aliphatic rings. The Bertz CT molecular complexity index is 265. The third kappa shape index (κ3) is 2.70. The van der Waals surface area contributed by atoms with Crippen LogP contribution in [0.5, 0.6) is 0 Å². The van der Waals surface area contributed by atoms with Crippen molar-refractivity contribution < 1.29 is 14.7 Å². The highest BCUT2D eigenvalue weighted by molar-refractivity contribution is 5.96. The SMILES string of the molecule is CC1CCN(C(=O)C(C)C(=O)O)C(C)C1. The van der Waals surface area contributed by atoms with E-state index in [0.717, 1.165) is 12.8 Å². The molecule has 1 amide bonds.